The number of nitrogens with one attached hydrogen (secondary N) is 2. The topological polar surface area (TPSA) is 48.9 Å². The van der Waals surface area contributed by atoms with Crippen LogP contribution >= 0.6 is 0 Å². The van der Waals surface area contributed by atoms with Crippen LogP contribution in [0.5, 0.6) is 5.75 Å². The number of rotatable bonds is 9. The predicted octanol–water partition coefficient (Wildman–Crippen LogP) is 2.96. The Morgan fingerprint density at radius 3 is 2.62 bits per heavy atom. The highest BCUT2D eigenvalue weighted by Crippen LogP contribution is 2.25. The molecule has 0 heterocycles. The normalized spacial score (nSPS) is 13.0. The van der Waals surface area contributed by atoms with Crippen LogP contribution in [-0.2, 0) is 0 Å². The number of likely N-dealkylation sites (N-methyl/N-ethyl adjacent to an activating group) is 1. The van der Waals surface area contributed by atoms with Crippen molar-refractivity contribution in [2.45, 2.75) is 40.2 Å². The van der Waals surface area contributed by atoms with E-state index >= 15 is 0 Å². The molecule has 5 nitrogen and oxygen atoms in total. The second-order valence-corrected chi connectivity index (χ2v) is 6.04. The molecule has 1 unspecified atom stereocenters. The third-order valence-corrected chi connectivity index (χ3v) is 4.14. The Labute approximate surface area is 147 Å². The van der Waals surface area contributed by atoms with Crippen LogP contribution in [0.4, 0.5) is 0 Å². The molecule has 0 aliphatic heterocycles. The summed E-state index contributed by atoms with van der Waals surface area (Å²) in [6, 6.07) is 6.35. The molecular formula is C19H34N4O. The summed E-state index contributed by atoms with van der Waals surface area (Å²) in [5.74, 6) is 1.72. The molecule has 0 aliphatic rings. The minimum atomic E-state index is 0.115. The minimum absolute atomic E-state index is 0.115. The van der Waals surface area contributed by atoms with Crippen LogP contribution < -0.4 is 15.4 Å². The van der Waals surface area contributed by atoms with Gasteiger partial charge in [0.15, 0.2) is 5.96 Å². The minimum Gasteiger partial charge on any atom is -0.496 e. The Kier molecular flexibility index (Phi) is 9.23. The van der Waals surface area contributed by atoms with E-state index in [9.17, 15) is 0 Å². The van der Waals surface area contributed by atoms with Gasteiger partial charge in [-0.1, -0.05) is 31.5 Å². The Bertz CT molecular complexity index is 516. The number of nitrogens with zero attached hydrogens (tertiary/aromatic N) is 2. The van der Waals surface area contributed by atoms with Crippen molar-refractivity contribution < 1.29 is 4.74 Å². The van der Waals surface area contributed by atoms with Gasteiger partial charge in [0.25, 0.3) is 0 Å². The molecule has 2 N–H and O–H groups in total. The first-order valence-electron chi connectivity index (χ1n) is 8.89. The number of aryl methyl sites for hydroxylation is 1. The van der Waals surface area contributed by atoms with Gasteiger partial charge in [0.1, 0.15) is 5.75 Å². The van der Waals surface area contributed by atoms with E-state index in [1.54, 1.807) is 14.2 Å². The molecular weight excluding hydrogens is 300 g/mol. The summed E-state index contributed by atoms with van der Waals surface area (Å²) in [7, 11) is 3.51. The number of methoxy groups -OCH3 is 1. The van der Waals surface area contributed by atoms with Crippen molar-refractivity contribution in [2.24, 2.45) is 4.99 Å². The predicted molar refractivity (Wildman–Crippen MR) is 103 cm³/mol. The highest BCUT2D eigenvalue weighted by molar-refractivity contribution is 5.80. The van der Waals surface area contributed by atoms with Gasteiger partial charge < -0.3 is 20.3 Å². The number of ether oxygens (including phenoxy) is 1. The number of aliphatic imine (C=N–C) groups is 1. The maximum atomic E-state index is 5.48. The first-order valence-corrected chi connectivity index (χ1v) is 8.89. The number of guanidine groups is 1. The molecule has 1 aromatic rings. The molecule has 1 aromatic carbocycles. The Morgan fingerprint density at radius 2 is 2.04 bits per heavy atom. The fraction of sp³-hybridized carbons (Fsp3) is 0.632. The molecule has 24 heavy (non-hydrogen) atoms. The lowest BCUT2D eigenvalue weighted by Crippen LogP contribution is -2.42. The van der Waals surface area contributed by atoms with Crippen LogP contribution in [0, 0.1) is 6.92 Å². The van der Waals surface area contributed by atoms with Gasteiger partial charge in [-0.25, -0.2) is 0 Å². The van der Waals surface area contributed by atoms with Crippen molar-refractivity contribution in [3.63, 3.8) is 0 Å². The van der Waals surface area contributed by atoms with Gasteiger partial charge in [-0.05, 0) is 39.4 Å². The van der Waals surface area contributed by atoms with E-state index in [2.05, 4.69) is 60.4 Å². The Hall–Kier alpha value is -1.75. The molecule has 0 bridgehead atoms. The van der Waals surface area contributed by atoms with Crippen molar-refractivity contribution in [3.8, 4) is 5.75 Å². The summed E-state index contributed by atoms with van der Waals surface area (Å²) in [5.41, 5.74) is 2.36. The standard InChI is InChI=1S/C19H34N4O/c1-7-12-23(8-2)13-11-21-19(20-5)22-16(4)17-14-15(3)9-10-18(17)24-6/h9-10,14,16H,7-8,11-13H2,1-6H3,(H2,20,21,22). The van der Waals surface area contributed by atoms with Crippen molar-refractivity contribution in [3.05, 3.63) is 29.3 Å². The molecule has 1 rings (SSSR count). The Balaban J connectivity index is 2.60. The lowest BCUT2D eigenvalue weighted by molar-refractivity contribution is 0.292. The average Bonchev–Trinajstić information content (AvgIpc) is 2.59. The second kappa shape index (κ2) is 10.9. The van der Waals surface area contributed by atoms with E-state index in [-0.39, 0.29) is 6.04 Å². The van der Waals surface area contributed by atoms with E-state index in [0.717, 1.165) is 43.5 Å². The van der Waals surface area contributed by atoms with Crippen LogP contribution in [0.25, 0.3) is 0 Å². The van der Waals surface area contributed by atoms with Crippen LogP contribution in [-0.4, -0.2) is 51.2 Å². The smallest absolute Gasteiger partial charge is 0.191 e. The third-order valence-electron chi connectivity index (χ3n) is 4.14. The summed E-state index contributed by atoms with van der Waals surface area (Å²) in [6.45, 7) is 12.8. The quantitative estimate of drug-likeness (QED) is 0.538. The maximum absolute atomic E-state index is 5.48. The molecule has 0 saturated heterocycles. The monoisotopic (exact) mass is 334 g/mol. The number of hydrogen-bond acceptors (Lipinski definition) is 3. The van der Waals surface area contributed by atoms with Crippen molar-refractivity contribution in [2.75, 3.05) is 40.3 Å². The second-order valence-electron chi connectivity index (χ2n) is 6.04. The van der Waals surface area contributed by atoms with Crippen LogP contribution in [0.2, 0.25) is 0 Å². The van der Waals surface area contributed by atoms with Gasteiger partial charge in [0.05, 0.1) is 13.2 Å². The van der Waals surface area contributed by atoms with Gasteiger partial charge in [0, 0.05) is 25.7 Å². The summed E-state index contributed by atoms with van der Waals surface area (Å²) in [6.07, 6.45) is 1.19. The first-order chi connectivity index (χ1) is 11.5. The summed E-state index contributed by atoms with van der Waals surface area (Å²) < 4.78 is 5.48. The summed E-state index contributed by atoms with van der Waals surface area (Å²) in [4.78, 5) is 6.77. The average molecular weight is 335 g/mol. The molecule has 0 fully saturated rings. The zero-order chi connectivity index (χ0) is 17.9. The lowest BCUT2D eigenvalue weighted by Gasteiger charge is -2.23. The highest BCUT2D eigenvalue weighted by Gasteiger charge is 2.13. The molecule has 0 spiro atoms. The lowest BCUT2D eigenvalue weighted by atomic mass is 10.0. The maximum Gasteiger partial charge on any atom is 0.191 e. The van der Waals surface area contributed by atoms with Gasteiger partial charge >= 0.3 is 0 Å². The van der Waals surface area contributed by atoms with E-state index in [0.29, 0.717) is 0 Å². The van der Waals surface area contributed by atoms with E-state index in [1.807, 2.05) is 6.07 Å². The van der Waals surface area contributed by atoms with Crippen molar-refractivity contribution >= 4 is 5.96 Å². The van der Waals surface area contributed by atoms with Gasteiger partial charge in [0.2, 0.25) is 0 Å². The zero-order valence-corrected chi connectivity index (χ0v) is 16.1. The van der Waals surface area contributed by atoms with Gasteiger partial charge in [-0.15, -0.1) is 0 Å². The van der Waals surface area contributed by atoms with Crippen molar-refractivity contribution in [1.82, 2.24) is 15.5 Å². The molecule has 0 amide bonds. The Morgan fingerprint density at radius 1 is 1.29 bits per heavy atom. The molecule has 0 aliphatic carbocycles. The fourth-order valence-corrected chi connectivity index (χ4v) is 2.75. The summed E-state index contributed by atoms with van der Waals surface area (Å²) >= 11 is 0. The summed E-state index contributed by atoms with van der Waals surface area (Å²) in [5, 5.41) is 6.85. The van der Waals surface area contributed by atoms with Gasteiger partial charge in [-0.2, -0.15) is 0 Å². The van der Waals surface area contributed by atoms with E-state index in [1.165, 1.54) is 12.0 Å². The van der Waals surface area contributed by atoms with Crippen LogP contribution in [0.15, 0.2) is 23.2 Å². The van der Waals surface area contributed by atoms with Crippen LogP contribution in [0.3, 0.4) is 0 Å². The molecule has 5 heteroatoms. The highest BCUT2D eigenvalue weighted by atomic mass is 16.5. The zero-order valence-electron chi connectivity index (χ0n) is 16.1. The van der Waals surface area contributed by atoms with E-state index < -0.39 is 0 Å². The molecule has 0 aromatic heterocycles. The SMILES string of the molecule is CCCN(CC)CCNC(=NC)NC(C)c1cc(C)ccc1OC. The van der Waals surface area contributed by atoms with Crippen LogP contribution in [0.1, 0.15) is 44.4 Å². The largest absolute Gasteiger partial charge is 0.496 e. The molecule has 1 atom stereocenters. The molecule has 136 valence electrons. The number of hydrogen-bond donors (Lipinski definition) is 2. The first kappa shape index (κ1) is 20.3. The van der Waals surface area contributed by atoms with Crippen molar-refractivity contribution in [1.29, 1.82) is 0 Å². The third kappa shape index (κ3) is 6.40. The number of benzene rings is 1. The van der Waals surface area contributed by atoms with E-state index in [4.69, 9.17) is 4.74 Å². The molecule has 0 saturated carbocycles. The molecule has 0 radical (unpaired) electrons. The van der Waals surface area contributed by atoms with Gasteiger partial charge in [-0.3, -0.25) is 4.99 Å². The fourth-order valence-electron chi connectivity index (χ4n) is 2.75.